The van der Waals surface area contributed by atoms with Crippen LogP contribution >= 0.6 is 0 Å². The van der Waals surface area contributed by atoms with E-state index in [1.54, 1.807) is 0 Å². The van der Waals surface area contributed by atoms with Gasteiger partial charge in [0.25, 0.3) is 0 Å². The molecule has 1 aliphatic carbocycles. The number of anilines is 1. The van der Waals surface area contributed by atoms with E-state index >= 15 is 0 Å². The highest BCUT2D eigenvalue weighted by Crippen LogP contribution is 2.32. The fourth-order valence-corrected chi connectivity index (χ4v) is 4.10. The van der Waals surface area contributed by atoms with Gasteiger partial charge >= 0.3 is 6.03 Å². The van der Waals surface area contributed by atoms with Crippen LogP contribution in [0.25, 0.3) is 0 Å². The molecule has 2 fully saturated rings. The topological polar surface area (TPSA) is 62.8 Å². The largest absolute Gasteiger partial charge is 0.490 e. The fourth-order valence-electron chi connectivity index (χ4n) is 4.10. The molecule has 1 atom stereocenters. The Hall–Kier alpha value is -1.95. The Morgan fingerprint density at radius 1 is 1.04 bits per heavy atom. The number of nitrogens with one attached hydrogen (secondary N) is 2. The SMILES string of the molecule is O=C(Nc1ccc2c(c1)OCCCO2)N[C@H]1CCN(C2CCCC2)C1. The van der Waals surface area contributed by atoms with Gasteiger partial charge in [0.2, 0.25) is 0 Å². The van der Waals surface area contributed by atoms with Crippen LogP contribution in [0.4, 0.5) is 10.5 Å². The Morgan fingerprint density at radius 3 is 2.68 bits per heavy atom. The van der Waals surface area contributed by atoms with E-state index in [1.807, 2.05) is 18.2 Å². The molecule has 25 heavy (non-hydrogen) atoms. The van der Waals surface area contributed by atoms with Gasteiger partial charge in [0.1, 0.15) is 0 Å². The maximum Gasteiger partial charge on any atom is 0.319 e. The number of nitrogens with zero attached hydrogens (tertiary/aromatic N) is 1. The van der Waals surface area contributed by atoms with Gasteiger partial charge in [0.05, 0.1) is 13.2 Å². The molecule has 1 saturated heterocycles. The summed E-state index contributed by atoms with van der Waals surface area (Å²) in [5, 5.41) is 6.03. The zero-order valence-electron chi connectivity index (χ0n) is 14.6. The summed E-state index contributed by atoms with van der Waals surface area (Å²) >= 11 is 0. The molecule has 1 saturated carbocycles. The van der Waals surface area contributed by atoms with Crippen LogP contribution in [0.3, 0.4) is 0 Å². The molecule has 1 aromatic rings. The molecule has 2 N–H and O–H groups in total. The first-order chi connectivity index (χ1) is 12.3. The van der Waals surface area contributed by atoms with E-state index in [-0.39, 0.29) is 12.1 Å². The van der Waals surface area contributed by atoms with Crippen LogP contribution in [0.15, 0.2) is 18.2 Å². The van der Waals surface area contributed by atoms with Crippen LogP contribution in [0.2, 0.25) is 0 Å². The van der Waals surface area contributed by atoms with Crippen molar-refractivity contribution in [2.45, 2.75) is 50.6 Å². The molecule has 0 aromatic heterocycles. The third kappa shape index (κ3) is 4.00. The smallest absolute Gasteiger partial charge is 0.319 e. The molecule has 2 heterocycles. The molecule has 0 radical (unpaired) electrons. The summed E-state index contributed by atoms with van der Waals surface area (Å²) in [6.45, 7) is 3.38. The maximum absolute atomic E-state index is 12.3. The highest BCUT2D eigenvalue weighted by Gasteiger charge is 2.30. The van der Waals surface area contributed by atoms with Gasteiger partial charge in [-0.1, -0.05) is 12.8 Å². The normalized spacial score (nSPS) is 24.1. The quantitative estimate of drug-likeness (QED) is 0.884. The molecular weight excluding hydrogens is 318 g/mol. The van der Waals surface area contributed by atoms with Gasteiger partial charge in [-0.2, -0.15) is 0 Å². The molecule has 4 rings (SSSR count). The van der Waals surface area contributed by atoms with E-state index in [9.17, 15) is 4.79 Å². The van der Waals surface area contributed by atoms with Crippen LogP contribution in [-0.4, -0.2) is 49.3 Å². The second-order valence-corrected chi connectivity index (χ2v) is 7.23. The van der Waals surface area contributed by atoms with Crippen molar-refractivity contribution in [1.82, 2.24) is 10.2 Å². The Kier molecular flexibility index (Phi) is 4.97. The zero-order valence-corrected chi connectivity index (χ0v) is 14.6. The number of benzene rings is 1. The van der Waals surface area contributed by atoms with E-state index < -0.39 is 0 Å². The summed E-state index contributed by atoms with van der Waals surface area (Å²) in [6, 6.07) is 6.37. The van der Waals surface area contributed by atoms with Crippen molar-refractivity contribution in [3.8, 4) is 11.5 Å². The fraction of sp³-hybridized carbons (Fsp3) is 0.632. The standard InChI is InChI=1S/C19H27N3O3/c23-19(21-15-8-9-22(13-15)16-4-1-2-5-16)20-14-6-7-17-18(12-14)25-11-3-10-24-17/h6-7,12,15-16H,1-5,8-11,13H2,(H2,20,21,23)/t15-/m0/s1. The predicted molar refractivity (Wildman–Crippen MR) is 96.4 cm³/mol. The number of ether oxygens (including phenoxy) is 2. The summed E-state index contributed by atoms with van der Waals surface area (Å²) in [4.78, 5) is 14.9. The lowest BCUT2D eigenvalue weighted by molar-refractivity contribution is 0.234. The number of fused-ring (bicyclic) bond motifs is 1. The summed E-state index contributed by atoms with van der Waals surface area (Å²) in [5.41, 5.74) is 0.729. The minimum atomic E-state index is -0.146. The van der Waals surface area contributed by atoms with Gasteiger partial charge < -0.3 is 20.1 Å². The van der Waals surface area contributed by atoms with Crippen molar-refractivity contribution in [2.75, 3.05) is 31.6 Å². The van der Waals surface area contributed by atoms with E-state index in [2.05, 4.69) is 15.5 Å². The van der Waals surface area contributed by atoms with Crippen molar-refractivity contribution in [2.24, 2.45) is 0 Å². The first kappa shape index (κ1) is 16.5. The average Bonchev–Trinajstić information content (AvgIpc) is 3.23. The Bertz CT molecular complexity index is 616. The summed E-state index contributed by atoms with van der Waals surface area (Å²) < 4.78 is 11.3. The van der Waals surface area contributed by atoms with Gasteiger partial charge in [-0.15, -0.1) is 0 Å². The van der Waals surface area contributed by atoms with Gasteiger partial charge in [-0.25, -0.2) is 4.79 Å². The molecule has 2 amide bonds. The lowest BCUT2D eigenvalue weighted by atomic mass is 10.2. The average molecular weight is 345 g/mol. The monoisotopic (exact) mass is 345 g/mol. The number of amides is 2. The number of carbonyl (C=O) groups excluding carboxylic acids is 1. The lowest BCUT2D eigenvalue weighted by Crippen LogP contribution is -2.41. The van der Waals surface area contributed by atoms with Crippen molar-refractivity contribution < 1.29 is 14.3 Å². The zero-order chi connectivity index (χ0) is 17.1. The Labute approximate surface area is 148 Å². The maximum atomic E-state index is 12.3. The van der Waals surface area contributed by atoms with Crippen molar-refractivity contribution in [1.29, 1.82) is 0 Å². The second kappa shape index (κ2) is 7.52. The van der Waals surface area contributed by atoms with E-state index in [4.69, 9.17) is 9.47 Å². The molecule has 6 heteroatoms. The molecule has 0 bridgehead atoms. The van der Waals surface area contributed by atoms with Crippen LogP contribution < -0.4 is 20.1 Å². The number of hydrogen-bond donors (Lipinski definition) is 2. The molecule has 2 aliphatic heterocycles. The summed E-state index contributed by atoms with van der Waals surface area (Å²) in [5.74, 6) is 1.44. The highest BCUT2D eigenvalue weighted by molar-refractivity contribution is 5.89. The van der Waals surface area contributed by atoms with Gasteiger partial charge in [0.15, 0.2) is 11.5 Å². The Morgan fingerprint density at radius 2 is 1.84 bits per heavy atom. The number of hydrogen-bond acceptors (Lipinski definition) is 4. The molecule has 0 unspecified atom stereocenters. The number of likely N-dealkylation sites (tertiary alicyclic amines) is 1. The Balaban J connectivity index is 1.30. The molecule has 136 valence electrons. The van der Waals surface area contributed by atoms with Gasteiger partial charge in [-0.3, -0.25) is 4.90 Å². The van der Waals surface area contributed by atoms with Crippen LogP contribution in [0.1, 0.15) is 38.5 Å². The van der Waals surface area contributed by atoms with Crippen molar-refractivity contribution in [3.63, 3.8) is 0 Å². The molecular formula is C19H27N3O3. The summed E-state index contributed by atoms with van der Waals surface area (Å²) in [6.07, 6.45) is 7.24. The first-order valence-corrected chi connectivity index (χ1v) is 9.49. The number of rotatable bonds is 3. The van der Waals surface area contributed by atoms with E-state index in [0.717, 1.165) is 43.4 Å². The minimum absolute atomic E-state index is 0.146. The predicted octanol–water partition coefficient (Wildman–Crippen LogP) is 2.99. The third-order valence-electron chi connectivity index (χ3n) is 5.40. The second-order valence-electron chi connectivity index (χ2n) is 7.23. The highest BCUT2D eigenvalue weighted by atomic mass is 16.5. The van der Waals surface area contributed by atoms with Crippen LogP contribution in [-0.2, 0) is 0 Å². The van der Waals surface area contributed by atoms with E-state index in [0.29, 0.717) is 19.0 Å². The number of urea groups is 1. The minimum Gasteiger partial charge on any atom is -0.490 e. The van der Waals surface area contributed by atoms with Crippen LogP contribution in [0.5, 0.6) is 11.5 Å². The third-order valence-corrected chi connectivity index (χ3v) is 5.40. The molecule has 0 spiro atoms. The lowest BCUT2D eigenvalue weighted by Gasteiger charge is -2.23. The van der Waals surface area contributed by atoms with E-state index in [1.165, 1.54) is 25.7 Å². The molecule has 6 nitrogen and oxygen atoms in total. The van der Waals surface area contributed by atoms with Crippen molar-refractivity contribution in [3.05, 3.63) is 18.2 Å². The van der Waals surface area contributed by atoms with Gasteiger partial charge in [-0.05, 0) is 31.4 Å². The summed E-state index contributed by atoms with van der Waals surface area (Å²) in [7, 11) is 0. The van der Waals surface area contributed by atoms with Crippen LogP contribution in [0, 0.1) is 0 Å². The van der Waals surface area contributed by atoms with Gasteiger partial charge in [0, 0.05) is 43.3 Å². The molecule has 1 aromatic carbocycles. The first-order valence-electron chi connectivity index (χ1n) is 9.49. The number of carbonyl (C=O) groups is 1. The molecule has 3 aliphatic rings. The van der Waals surface area contributed by atoms with Crippen molar-refractivity contribution >= 4 is 11.7 Å².